The molecule has 1 fully saturated rings. The Morgan fingerprint density at radius 1 is 1.28 bits per heavy atom. The fourth-order valence-corrected chi connectivity index (χ4v) is 3.38. The van der Waals surface area contributed by atoms with Gasteiger partial charge in [-0.2, -0.15) is 0 Å². The summed E-state index contributed by atoms with van der Waals surface area (Å²) in [7, 11) is 0. The van der Waals surface area contributed by atoms with Crippen molar-refractivity contribution in [3.63, 3.8) is 0 Å². The Morgan fingerprint density at radius 2 is 1.89 bits per heavy atom. The van der Waals surface area contributed by atoms with Gasteiger partial charge in [-0.1, -0.05) is 13.8 Å². The molecule has 1 aromatic carbocycles. The van der Waals surface area contributed by atoms with Gasteiger partial charge in [0.1, 0.15) is 0 Å². The van der Waals surface area contributed by atoms with Gasteiger partial charge < -0.3 is 0 Å². The Labute approximate surface area is 124 Å². The van der Waals surface area contributed by atoms with Gasteiger partial charge in [0.05, 0.1) is 10.9 Å². The maximum atomic E-state index is 12.2. The van der Waals surface area contributed by atoms with Crippen molar-refractivity contribution in [3.8, 4) is 0 Å². The van der Waals surface area contributed by atoms with E-state index in [1.807, 2.05) is 38.1 Å². The Kier molecular flexibility index (Phi) is 4.32. The van der Waals surface area contributed by atoms with Crippen molar-refractivity contribution < 1.29 is 9.59 Å². The zero-order valence-corrected chi connectivity index (χ0v) is 13.2. The van der Waals surface area contributed by atoms with E-state index in [-0.39, 0.29) is 17.1 Å². The van der Waals surface area contributed by atoms with Gasteiger partial charge in [-0.15, -0.1) is 11.8 Å². The van der Waals surface area contributed by atoms with Gasteiger partial charge in [0.2, 0.25) is 11.8 Å². The van der Waals surface area contributed by atoms with E-state index >= 15 is 0 Å². The number of amides is 2. The molecule has 3 nitrogen and oxygen atoms in total. The van der Waals surface area contributed by atoms with E-state index < -0.39 is 0 Å². The molecule has 2 amide bonds. The predicted molar refractivity (Wildman–Crippen MR) is 82.8 cm³/mol. The summed E-state index contributed by atoms with van der Waals surface area (Å²) in [5.41, 5.74) is 0.678. The lowest BCUT2D eigenvalue weighted by Crippen LogP contribution is -2.31. The van der Waals surface area contributed by atoms with Crippen LogP contribution in [-0.4, -0.2) is 22.3 Å². The minimum atomic E-state index is -0.225. The van der Waals surface area contributed by atoms with Gasteiger partial charge in [-0.25, -0.2) is 4.90 Å². The fraction of sp³-hybridized carbons (Fsp3) is 0.385. The van der Waals surface area contributed by atoms with Gasteiger partial charge in [-0.3, -0.25) is 9.59 Å². The highest BCUT2D eigenvalue weighted by Crippen LogP contribution is 2.31. The van der Waals surface area contributed by atoms with Crippen LogP contribution in [0, 0.1) is 3.57 Å². The number of carbonyl (C=O) groups is 2. The van der Waals surface area contributed by atoms with Crippen LogP contribution < -0.4 is 4.90 Å². The van der Waals surface area contributed by atoms with Gasteiger partial charge in [0, 0.05) is 9.99 Å². The van der Waals surface area contributed by atoms with Crippen molar-refractivity contribution in [2.75, 3.05) is 4.90 Å². The van der Waals surface area contributed by atoms with Crippen LogP contribution in [0.1, 0.15) is 20.3 Å². The fourth-order valence-electron chi connectivity index (χ4n) is 1.90. The second-order valence-electron chi connectivity index (χ2n) is 4.42. The van der Waals surface area contributed by atoms with Gasteiger partial charge in [0.15, 0.2) is 0 Å². The molecule has 1 aromatic rings. The van der Waals surface area contributed by atoms with Crippen LogP contribution in [0.5, 0.6) is 0 Å². The third kappa shape index (κ3) is 2.88. The first-order valence-electron chi connectivity index (χ1n) is 5.77. The first-order valence-corrected chi connectivity index (χ1v) is 7.79. The van der Waals surface area contributed by atoms with Crippen LogP contribution in [-0.2, 0) is 9.59 Å². The predicted octanol–water partition coefficient (Wildman–Crippen LogP) is 3.06. The second kappa shape index (κ2) is 5.61. The van der Waals surface area contributed by atoms with E-state index in [0.29, 0.717) is 17.4 Å². The molecule has 0 N–H and O–H groups in total. The Balaban J connectivity index is 2.21. The molecule has 0 bridgehead atoms. The molecular formula is C13H14INO2S. The number of halogens is 1. The normalized spacial score (nSPS) is 20.0. The number of benzene rings is 1. The molecule has 1 aliphatic rings. The number of imide groups is 1. The maximum absolute atomic E-state index is 12.2. The van der Waals surface area contributed by atoms with Crippen LogP contribution in [0.25, 0.3) is 0 Å². The molecule has 0 spiro atoms. The smallest absolute Gasteiger partial charge is 0.247 e. The average molecular weight is 375 g/mol. The summed E-state index contributed by atoms with van der Waals surface area (Å²) in [6.45, 7) is 4.08. The van der Waals surface area contributed by atoms with Crippen LogP contribution in [0.4, 0.5) is 5.69 Å². The second-order valence-corrected chi connectivity index (χ2v) is 7.45. The van der Waals surface area contributed by atoms with Crippen LogP contribution in [0.2, 0.25) is 0 Å². The summed E-state index contributed by atoms with van der Waals surface area (Å²) in [6, 6.07) is 7.44. The molecule has 5 heteroatoms. The molecule has 0 saturated carbocycles. The Bertz CT molecular complexity index is 472. The summed E-state index contributed by atoms with van der Waals surface area (Å²) in [5.74, 6) is -0.181. The Morgan fingerprint density at radius 3 is 2.44 bits per heavy atom. The Hall–Kier alpha value is -0.560. The number of thioether (sulfide) groups is 1. The molecule has 1 heterocycles. The van der Waals surface area contributed by atoms with Gasteiger partial charge in [0.25, 0.3) is 0 Å². The van der Waals surface area contributed by atoms with Crippen molar-refractivity contribution in [2.45, 2.75) is 30.8 Å². The highest BCUT2D eigenvalue weighted by Gasteiger charge is 2.40. The largest absolute Gasteiger partial charge is 0.274 e. The molecule has 1 unspecified atom stereocenters. The van der Waals surface area contributed by atoms with Crippen molar-refractivity contribution >= 4 is 51.9 Å². The van der Waals surface area contributed by atoms with Crippen LogP contribution in [0.3, 0.4) is 0 Å². The molecule has 0 aliphatic carbocycles. The van der Waals surface area contributed by atoms with E-state index in [9.17, 15) is 9.59 Å². The first kappa shape index (κ1) is 13.9. The number of carbonyl (C=O) groups excluding carboxylic acids is 2. The molecule has 0 radical (unpaired) electrons. The van der Waals surface area contributed by atoms with E-state index in [4.69, 9.17) is 0 Å². The average Bonchev–Trinajstić information content (AvgIpc) is 2.55. The van der Waals surface area contributed by atoms with Crippen molar-refractivity contribution in [2.24, 2.45) is 0 Å². The standard InChI is InChI=1S/C13H14INO2S/c1-8(2)18-11-7-12(16)15(13(11)17)10-5-3-9(14)4-6-10/h3-6,8,11H,7H2,1-2H3. The monoisotopic (exact) mass is 375 g/mol. The highest BCUT2D eigenvalue weighted by atomic mass is 127. The minimum Gasteiger partial charge on any atom is -0.274 e. The SMILES string of the molecule is CC(C)SC1CC(=O)N(c2ccc(I)cc2)C1=O. The lowest BCUT2D eigenvalue weighted by Gasteiger charge is -2.15. The summed E-state index contributed by atoms with van der Waals surface area (Å²) in [5, 5.41) is 0.125. The van der Waals surface area contributed by atoms with E-state index in [1.165, 1.54) is 4.90 Å². The summed E-state index contributed by atoms with van der Waals surface area (Å²) >= 11 is 3.76. The maximum Gasteiger partial charge on any atom is 0.247 e. The number of hydrogen-bond donors (Lipinski definition) is 0. The van der Waals surface area contributed by atoms with E-state index in [2.05, 4.69) is 22.6 Å². The van der Waals surface area contributed by atoms with E-state index in [1.54, 1.807) is 11.8 Å². The molecule has 18 heavy (non-hydrogen) atoms. The van der Waals surface area contributed by atoms with E-state index in [0.717, 1.165) is 3.57 Å². The summed E-state index contributed by atoms with van der Waals surface area (Å²) in [4.78, 5) is 25.5. The van der Waals surface area contributed by atoms with Crippen molar-refractivity contribution in [1.82, 2.24) is 0 Å². The number of hydrogen-bond acceptors (Lipinski definition) is 3. The highest BCUT2D eigenvalue weighted by molar-refractivity contribution is 14.1. The zero-order chi connectivity index (χ0) is 13.3. The minimum absolute atomic E-state index is 0.0834. The van der Waals surface area contributed by atoms with Crippen molar-refractivity contribution in [3.05, 3.63) is 27.8 Å². The summed E-state index contributed by atoms with van der Waals surface area (Å²) in [6.07, 6.45) is 0.313. The lowest BCUT2D eigenvalue weighted by atomic mass is 10.3. The third-order valence-corrected chi connectivity index (χ3v) is 4.59. The number of rotatable bonds is 3. The number of nitrogens with zero attached hydrogens (tertiary/aromatic N) is 1. The quantitative estimate of drug-likeness (QED) is 0.602. The number of anilines is 1. The topological polar surface area (TPSA) is 37.4 Å². The molecular weight excluding hydrogens is 361 g/mol. The lowest BCUT2D eigenvalue weighted by molar-refractivity contribution is -0.121. The molecule has 96 valence electrons. The zero-order valence-electron chi connectivity index (χ0n) is 10.2. The molecule has 1 atom stereocenters. The van der Waals surface area contributed by atoms with Crippen LogP contribution >= 0.6 is 34.4 Å². The van der Waals surface area contributed by atoms with Gasteiger partial charge >= 0.3 is 0 Å². The molecule has 1 aliphatic heterocycles. The molecule has 1 saturated heterocycles. The molecule has 2 rings (SSSR count). The van der Waals surface area contributed by atoms with Gasteiger partial charge in [-0.05, 0) is 52.1 Å². The van der Waals surface area contributed by atoms with Crippen LogP contribution in [0.15, 0.2) is 24.3 Å². The molecule has 0 aromatic heterocycles. The third-order valence-electron chi connectivity index (χ3n) is 2.63. The van der Waals surface area contributed by atoms with Crippen molar-refractivity contribution in [1.29, 1.82) is 0 Å². The summed E-state index contributed by atoms with van der Waals surface area (Å²) < 4.78 is 1.09. The first-order chi connectivity index (χ1) is 8.49.